The lowest BCUT2D eigenvalue weighted by Crippen LogP contribution is -2.67. The number of nitrogens with two attached hydrogens (primary N) is 1. The van der Waals surface area contributed by atoms with Crippen molar-refractivity contribution in [2.24, 2.45) is 5.73 Å². The number of β-lactam (4-membered cyclic amide) rings is 1. The van der Waals surface area contributed by atoms with Gasteiger partial charge in [0.1, 0.15) is 18.7 Å². The van der Waals surface area contributed by atoms with Crippen molar-refractivity contribution in [1.29, 1.82) is 0 Å². The van der Waals surface area contributed by atoms with E-state index < -0.39 is 6.04 Å². The third kappa shape index (κ3) is 1.06. The first kappa shape index (κ1) is 7.23. The molecule has 6 nitrogen and oxygen atoms in total. The van der Waals surface area contributed by atoms with E-state index in [9.17, 15) is 4.79 Å². The van der Waals surface area contributed by atoms with Crippen molar-refractivity contribution in [3.8, 4) is 0 Å². The summed E-state index contributed by atoms with van der Waals surface area (Å²) in [6.45, 7) is 0.590. The number of hydrogen-bond donors (Lipinski definition) is 2. The lowest BCUT2D eigenvalue weighted by molar-refractivity contribution is -0.130. The van der Waals surface area contributed by atoms with E-state index >= 15 is 0 Å². The molecule has 0 bridgehead atoms. The molecule has 2 atom stereocenters. The van der Waals surface area contributed by atoms with Gasteiger partial charge in [0, 0.05) is 0 Å². The Morgan fingerprint density at radius 3 is 3.08 bits per heavy atom. The molecule has 0 aliphatic carbocycles. The minimum absolute atomic E-state index is 0.000741. The van der Waals surface area contributed by atoms with Gasteiger partial charge in [0.2, 0.25) is 5.91 Å². The summed E-state index contributed by atoms with van der Waals surface area (Å²) in [5, 5.41) is 6.57. The number of nitrogens with zero attached hydrogens (tertiary/aromatic N) is 3. The molecule has 0 saturated carbocycles. The van der Waals surface area contributed by atoms with Crippen molar-refractivity contribution in [2.75, 3.05) is 0 Å². The van der Waals surface area contributed by atoms with Crippen molar-refractivity contribution < 1.29 is 4.79 Å². The predicted octanol–water partition coefficient (Wildman–Crippen LogP) is -1.90. The molecule has 0 aromatic carbocycles. The van der Waals surface area contributed by atoms with Crippen LogP contribution in [0.3, 0.4) is 0 Å². The Bertz CT molecular complexity index is 282. The monoisotopic (exact) mass is 167 g/mol. The minimum atomic E-state index is -0.394. The van der Waals surface area contributed by atoms with Gasteiger partial charge in [-0.1, -0.05) is 0 Å². The second-order valence-corrected chi connectivity index (χ2v) is 2.76. The zero-order valence-corrected chi connectivity index (χ0v) is 6.34. The predicted molar refractivity (Wildman–Crippen MR) is 39.9 cm³/mol. The Labute approximate surface area is 68.8 Å². The van der Waals surface area contributed by atoms with Gasteiger partial charge in [0.25, 0.3) is 0 Å². The van der Waals surface area contributed by atoms with Crippen molar-refractivity contribution >= 4 is 5.91 Å². The van der Waals surface area contributed by atoms with Crippen molar-refractivity contribution in [2.45, 2.75) is 18.6 Å². The molecule has 1 saturated heterocycles. The number of aromatic nitrogens is 3. The zero-order chi connectivity index (χ0) is 8.55. The first-order valence-corrected chi connectivity index (χ1v) is 3.66. The first-order valence-electron chi connectivity index (χ1n) is 3.66. The van der Waals surface area contributed by atoms with Crippen LogP contribution in [0.15, 0.2) is 12.7 Å². The number of amides is 1. The normalized spacial score (nSPS) is 27.9. The van der Waals surface area contributed by atoms with Gasteiger partial charge in [0.15, 0.2) is 0 Å². The molecule has 0 spiro atoms. The number of rotatable bonds is 2. The molecule has 12 heavy (non-hydrogen) atoms. The second kappa shape index (κ2) is 2.56. The van der Waals surface area contributed by atoms with Crippen LogP contribution in [0.2, 0.25) is 0 Å². The Kier molecular flexibility index (Phi) is 1.54. The third-order valence-electron chi connectivity index (χ3n) is 1.91. The number of carbonyl (C=O) groups is 1. The summed E-state index contributed by atoms with van der Waals surface area (Å²) in [7, 11) is 0. The number of nitrogens with one attached hydrogen (secondary N) is 1. The molecule has 64 valence electrons. The number of carbonyl (C=O) groups excluding carboxylic acids is 1. The molecule has 0 radical (unpaired) electrons. The standard InChI is InChI=1S/C6H9N5O/c7-5-4(10-6(5)12)1-11-3-8-2-9-11/h2-5H,1,7H2,(H,10,12)/t4-,5+/m1/s1. The summed E-state index contributed by atoms with van der Waals surface area (Å²) >= 11 is 0. The van der Waals surface area contributed by atoms with E-state index in [1.165, 1.54) is 6.33 Å². The molecular weight excluding hydrogens is 158 g/mol. The molecule has 3 N–H and O–H groups in total. The molecule has 1 fully saturated rings. The molecule has 2 rings (SSSR count). The van der Waals surface area contributed by atoms with E-state index in [0.29, 0.717) is 6.54 Å². The van der Waals surface area contributed by atoms with Crippen molar-refractivity contribution in [3.05, 3.63) is 12.7 Å². The van der Waals surface area contributed by atoms with Crippen LogP contribution in [0.1, 0.15) is 0 Å². The molecule has 1 amide bonds. The minimum Gasteiger partial charge on any atom is -0.348 e. The van der Waals surface area contributed by atoms with Crippen LogP contribution in [-0.2, 0) is 11.3 Å². The average molecular weight is 167 g/mol. The largest absolute Gasteiger partial charge is 0.348 e. The van der Waals surface area contributed by atoms with Gasteiger partial charge in [-0.25, -0.2) is 4.98 Å². The van der Waals surface area contributed by atoms with Crippen LogP contribution in [-0.4, -0.2) is 32.8 Å². The van der Waals surface area contributed by atoms with E-state index in [1.54, 1.807) is 11.0 Å². The quantitative estimate of drug-likeness (QED) is 0.504. The highest BCUT2D eigenvalue weighted by molar-refractivity contribution is 5.88. The second-order valence-electron chi connectivity index (χ2n) is 2.76. The lowest BCUT2D eigenvalue weighted by atomic mass is 10.0. The van der Waals surface area contributed by atoms with E-state index in [4.69, 9.17) is 5.73 Å². The van der Waals surface area contributed by atoms with Crippen LogP contribution in [0.25, 0.3) is 0 Å². The van der Waals surface area contributed by atoms with Gasteiger partial charge in [-0.15, -0.1) is 0 Å². The van der Waals surface area contributed by atoms with Crippen LogP contribution in [0.4, 0.5) is 0 Å². The van der Waals surface area contributed by atoms with Gasteiger partial charge < -0.3 is 11.1 Å². The molecule has 2 heterocycles. The van der Waals surface area contributed by atoms with Crippen LogP contribution in [0, 0.1) is 0 Å². The van der Waals surface area contributed by atoms with E-state index in [1.807, 2.05) is 0 Å². The maximum atomic E-state index is 10.7. The topological polar surface area (TPSA) is 85.8 Å². The highest BCUT2D eigenvalue weighted by Crippen LogP contribution is 2.04. The van der Waals surface area contributed by atoms with Crippen molar-refractivity contribution in [3.63, 3.8) is 0 Å². The molecule has 1 aliphatic rings. The molecule has 1 aliphatic heterocycles. The smallest absolute Gasteiger partial charge is 0.239 e. The summed E-state index contributed by atoms with van der Waals surface area (Å²) in [5.74, 6) is -0.0971. The number of hydrogen-bond acceptors (Lipinski definition) is 4. The highest BCUT2D eigenvalue weighted by atomic mass is 16.2. The van der Waals surface area contributed by atoms with Gasteiger partial charge in [-0.05, 0) is 0 Å². The fraction of sp³-hybridized carbons (Fsp3) is 0.500. The highest BCUT2D eigenvalue weighted by Gasteiger charge is 2.36. The molecule has 0 unspecified atom stereocenters. The fourth-order valence-electron chi connectivity index (χ4n) is 1.14. The average Bonchev–Trinajstić information content (AvgIpc) is 2.56. The van der Waals surface area contributed by atoms with Crippen LogP contribution < -0.4 is 11.1 Å². The van der Waals surface area contributed by atoms with E-state index in [-0.39, 0.29) is 11.9 Å². The molecule has 6 heteroatoms. The first-order chi connectivity index (χ1) is 5.77. The maximum Gasteiger partial charge on any atom is 0.239 e. The Morgan fingerprint density at radius 1 is 1.75 bits per heavy atom. The Hall–Kier alpha value is -1.43. The molecule has 1 aromatic heterocycles. The van der Waals surface area contributed by atoms with Crippen molar-refractivity contribution in [1.82, 2.24) is 20.1 Å². The summed E-state index contributed by atoms with van der Waals surface area (Å²) in [5.41, 5.74) is 5.51. The Morgan fingerprint density at radius 2 is 2.58 bits per heavy atom. The molecular formula is C6H9N5O. The van der Waals surface area contributed by atoms with Gasteiger partial charge >= 0.3 is 0 Å². The van der Waals surface area contributed by atoms with Gasteiger partial charge in [-0.2, -0.15) is 5.10 Å². The van der Waals surface area contributed by atoms with Gasteiger partial charge in [-0.3, -0.25) is 9.48 Å². The zero-order valence-electron chi connectivity index (χ0n) is 6.34. The van der Waals surface area contributed by atoms with E-state index in [0.717, 1.165) is 0 Å². The maximum absolute atomic E-state index is 10.7. The summed E-state index contributed by atoms with van der Waals surface area (Å²) in [4.78, 5) is 14.5. The SMILES string of the molecule is N[C@@H]1C(=O)N[C@@H]1Cn1cncn1. The summed E-state index contributed by atoms with van der Waals surface area (Å²) in [6.07, 6.45) is 3.04. The summed E-state index contributed by atoms with van der Waals surface area (Å²) < 4.78 is 1.64. The lowest BCUT2D eigenvalue weighted by Gasteiger charge is -2.33. The Balaban J connectivity index is 1.94. The van der Waals surface area contributed by atoms with E-state index in [2.05, 4.69) is 15.4 Å². The van der Waals surface area contributed by atoms with Crippen LogP contribution >= 0.6 is 0 Å². The van der Waals surface area contributed by atoms with Gasteiger partial charge in [0.05, 0.1) is 12.6 Å². The van der Waals surface area contributed by atoms with Crippen LogP contribution in [0.5, 0.6) is 0 Å². The third-order valence-corrected chi connectivity index (χ3v) is 1.91. The fourth-order valence-corrected chi connectivity index (χ4v) is 1.14. The molecule has 1 aromatic rings. The summed E-state index contributed by atoms with van der Waals surface area (Å²) in [6, 6.07) is -0.395.